The zero-order chi connectivity index (χ0) is 23.4. The number of phenolic OH excluding ortho intramolecular Hbond substituents is 1. The maximum Gasteiger partial charge on any atom is 0.500 e. The molecule has 2 aromatic carbocycles. The van der Waals surface area contributed by atoms with E-state index in [-0.39, 0.29) is 5.75 Å². The summed E-state index contributed by atoms with van der Waals surface area (Å²) in [6.07, 6.45) is 0.322. The van der Waals surface area contributed by atoms with E-state index < -0.39 is 14.9 Å². The van der Waals surface area contributed by atoms with Crippen LogP contribution in [-0.4, -0.2) is 69.5 Å². The predicted octanol–water partition coefficient (Wildman–Crippen LogP) is 3.13. The summed E-state index contributed by atoms with van der Waals surface area (Å²) >= 11 is 0. The first-order valence-corrected chi connectivity index (χ1v) is 12.1. The van der Waals surface area contributed by atoms with Crippen LogP contribution in [0.15, 0.2) is 48.5 Å². The van der Waals surface area contributed by atoms with Crippen LogP contribution in [0.2, 0.25) is 6.04 Å². The van der Waals surface area contributed by atoms with Crippen molar-refractivity contribution < 1.29 is 27.9 Å². The molecule has 1 heterocycles. The fourth-order valence-corrected chi connectivity index (χ4v) is 4.56. The van der Waals surface area contributed by atoms with Crippen molar-refractivity contribution in [2.24, 2.45) is 0 Å². The molecule has 1 amide bonds. The van der Waals surface area contributed by atoms with Crippen LogP contribution in [0.1, 0.15) is 13.3 Å². The molecule has 0 spiro atoms. The van der Waals surface area contributed by atoms with Gasteiger partial charge >= 0.3 is 14.9 Å². The minimum absolute atomic E-state index is 0.169. The number of aromatic nitrogens is 3. The van der Waals surface area contributed by atoms with Gasteiger partial charge in [0, 0.05) is 33.9 Å². The lowest BCUT2D eigenvalue weighted by Gasteiger charge is -2.24. The SMILES string of the molecule is CCOC(=O)NCCC[Si](OC)(OC)OC.Oc1ccccc1-n1nc2ccccc2n1. The van der Waals surface area contributed by atoms with E-state index in [1.807, 2.05) is 30.3 Å². The van der Waals surface area contributed by atoms with Gasteiger partial charge in [-0.25, -0.2) is 4.79 Å². The molecular weight excluding hydrogens is 432 g/mol. The number of carbonyl (C=O) groups excluding carboxylic acids is 1. The maximum atomic E-state index is 11.0. The van der Waals surface area contributed by atoms with Gasteiger partial charge in [0.25, 0.3) is 0 Å². The van der Waals surface area contributed by atoms with Gasteiger partial charge in [-0.2, -0.15) is 0 Å². The molecule has 0 fully saturated rings. The Morgan fingerprint density at radius 1 is 1.00 bits per heavy atom. The molecule has 3 rings (SSSR count). The molecule has 3 aromatic rings. The Kier molecular flexibility index (Phi) is 10.1. The molecule has 11 heteroatoms. The van der Waals surface area contributed by atoms with E-state index in [1.165, 1.54) is 4.80 Å². The standard InChI is InChI=1S/C12H9N3O.C9H21NO5Si/c16-12-8-4-3-7-11(12)15-13-9-5-1-2-6-10(9)14-15;1-5-15-9(11)10-7-6-8-16(12-2,13-3)14-4/h1-8,16H;5-8H2,1-4H3,(H,10,11). The second kappa shape index (κ2) is 12.8. The van der Waals surface area contributed by atoms with Crippen LogP contribution in [0.4, 0.5) is 4.79 Å². The van der Waals surface area contributed by atoms with Gasteiger partial charge in [-0.1, -0.05) is 24.3 Å². The molecule has 0 atom stereocenters. The van der Waals surface area contributed by atoms with Crippen molar-refractivity contribution >= 4 is 25.9 Å². The number of amides is 1. The Morgan fingerprint density at radius 3 is 2.09 bits per heavy atom. The summed E-state index contributed by atoms with van der Waals surface area (Å²) in [5.41, 5.74) is 2.20. The quantitative estimate of drug-likeness (QED) is 0.368. The second-order valence-electron chi connectivity index (χ2n) is 6.51. The van der Waals surface area contributed by atoms with Gasteiger partial charge < -0.3 is 28.4 Å². The summed E-state index contributed by atoms with van der Waals surface area (Å²) in [5, 5.41) is 20.9. The summed E-state index contributed by atoms with van der Waals surface area (Å²) in [5.74, 6) is 0.169. The molecule has 0 bridgehead atoms. The monoisotopic (exact) mass is 462 g/mol. The van der Waals surface area contributed by atoms with Gasteiger partial charge in [0.05, 0.1) is 6.61 Å². The van der Waals surface area contributed by atoms with Crippen LogP contribution in [0, 0.1) is 0 Å². The Morgan fingerprint density at radius 2 is 1.56 bits per heavy atom. The average molecular weight is 463 g/mol. The molecule has 10 nitrogen and oxygen atoms in total. The number of hydrogen-bond acceptors (Lipinski definition) is 8. The Bertz CT molecular complexity index is 938. The number of ether oxygens (including phenoxy) is 1. The number of fused-ring (bicyclic) bond motifs is 1. The van der Waals surface area contributed by atoms with E-state index in [2.05, 4.69) is 15.5 Å². The molecule has 0 radical (unpaired) electrons. The van der Waals surface area contributed by atoms with Crippen LogP contribution in [0.3, 0.4) is 0 Å². The van der Waals surface area contributed by atoms with Gasteiger partial charge in [0.1, 0.15) is 22.5 Å². The number of carbonyl (C=O) groups is 1. The summed E-state index contributed by atoms with van der Waals surface area (Å²) in [7, 11) is 2.20. The molecular formula is C21H30N4O6Si. The lowest BCUT2D eigenvalue weighted by atomic mass is 10.3. The number of nitrogens with zero attached hydrogens (tertiary/aromatic N) is 3. The van der Waals surface area contributed by atoms with Crippen LogP contribution < -0.4 is 5.32 Å². The smallest absolute Gasteiger partial charge is 0.500 e. The predicted molar refractivity (Wildman–Crippen MR) is 122 cm³/mol. The lowest BCUT2D eigenvalue weighted by Crippen LogP contribution is -2.43. The summed E-state index contributed by atoms with van der Waals surface area (Å²) in [4.78, 5) is 12.4. The highest BCUT2D eigenvalue weighted by atomic mass is 28.4. The molecule has 0 saturated heterocycles. The van der Waals surface area contributed by atoms with Gasteiger partial charge in [-0.05, 0) is 37.6 Å². The second-order valence-corrected chi connectivity index (χ2v) is 9.60. The normalized spacial score (nSPS) is 11.0. The first-order chi connectivity index (χ1) is 15.5. The lowest BCUT2D eigenvalue weighted by molar-refractivity contribution is 0.122. The Labute approximate surface area is 188 Å². The first-order valence-electron chi connectivity index (χ1n) is 10.1. The molecule has 1 aromatic heterocycles. The van der Waals surface area contributed by atoms with Gasteiger partial charge in [-0.15, -0.1) is 15.0 Å². The number of rotatable bonds is 9. The van der Waals surface area contributed by atoms with Crippen molar-refractivity contribution in [3.63, 3.8) is 0 Å². The molecule has 0 unspecified atom stereocenters. The highest BCUT2D eigenvalue weighted by Crippen LogP contribution is 2.20. The van der Waals surface area contributed by atoms with Crippen LogP contribution >= 0.6 is 0 Å². The number of nitrogens with one attached hydrogen (secondary N) is 1. The number of phenols is 1. The fraction of sp³-hybridized carbons (Fsp3) is 0.381. The van der Waals surface area contributed by atoms with E-state index in [4.69, 9.17) is 18.0 Å². The minimum atomic E-state index is -2.50. The van der Waals surface area contributed by atoms with Crippen molar-refractivity contribution in [2.45, 2.75) is 19.4 Å². The number of alkyl carbamates (subject to hydrolysis) is 1. The summed E-state index contributed by atoms with van der Waals surface area (Å²) in [6.45, 7) is 2.65. The summed E-state index contributed by atoms with van der Waals surface area (Å²) in [6, 6.07) is 15.2. The van der Waals surface area contributed by atoms with Crippen LogP contribution in [0.5, 0.6) is 5.75 Å². The zero-order valence-corrected chi connectivity index (χ0v) is 19.8. The van der Waals surface area contributed by atoms with Gasteiger partial charge in [0.2, 0.25) is 0 Å². The van der Waals surface area contributed by atoms with Crippen molar-refractivity contribution in [2.75, 3.05) is 34.5 Å². The first kappa shape index (κ1) is 25.3. The third-order valence-corrected chi connectivity index (χ3v) is 7.35. The van der Waals surface area contributed by atoms with E-state index in [9.17, 15) is 9.90 Å². The van der Waals surface area contributed by atoms with Gasteiger partial charge in [0.15, 0.2) is 0 Å². The third kappa shape index (κ3) is 7.02. The number of para-hydroxylation sites is 2. The number of aromatic hydroxyl groups is 1. The van der Waals surface area contributed by atoms with E-state index in [0.717, 1.165) is 17.5 Å². The molecule has 32 heavy (non-hydrogen) atoms. The van der Waals surface area contributed by atoms with Crippen LogP contribution in [-0.2, 0) is 18.0 Å². The van der Waals surface area contributed by atoms with Crippen LogP contribution in [0.25, 0.3) is 16.7 Å². The van der Waals surface area contributed by atoms with Crippen molar-refractivity contribution in [3.05, 3.63) is 48.5 Å². The van der Waals surface area contributed by atoms with E-state index in [0.29, 0.717) is 24.9 Å². The number of benzene rings is 2. The van der Waals surface area contributed by atoms with E-state index >= 15 is 0 Å². The highest BCUT2D eigenvalue weighted by Gasteiger charge is 2.36. The third-order valence-electron chi connectivity index (χ3n) is 4.52. The van der Waals surface area contributed by atoms with Gasteiger partial charge in [-0.3, -0.25) is 0 Å². The highest BCUT2D eigenvalue weighted by molar-refractivity contribution is 6.60. The van der Waals surface area contributed by atoms with Crippen molar-refractivity contribution in [1.82, 2.24) is 20.3 Å². The molecule has 2 N–H and O–H groups in total. The Hall–Kier alpha value is -2.99. The topological polar surface area (TPSA) is 117 Å². The fourth-order valence-electron chi connectivity index (χ4n) is 2.83. The number of hydrogen-bond donors (Lipinski definition) is 2. The molecule has 0 aliphatic rings. The van der Waals surface area contributed by atoms with E-state index in [1.54, 1.807) is 46.5 Å². The molecule has 0 saturated carbocycles. The average Bonchev–Trinajstić information content (AvgIpc) is 3.25. The largest absolute Gasteiger partial charge is 0.506 e. The minimum Gasteiger partial charge on any atom is -0.506 e. The Balaban J connectivity index is 0.000000227. The van der Waals surface area contributed by atoms with Crippen molar-refractivity contribution in [3.8, 4) is 11.4 Å². The molecule has 0 aliphatic carbocycles. The van der Waals surface area contributed by atoms with Crippen molar-refractivity contribution in [1.29, 1.82) is 0 Å². The maximum absolute atomic E-state index is 11.0. The molecule has 0 aliphatic heterocycles. The summed E-state index contributed by atoms with van der Waals surface area (Å²) < 4.78 is 20.4. The zero-order valence-electron chi connectivity index (χ0n) is 18.8. The molecule has 174 valence electrons.